The van der Waals surface area contributed by atoms with Crippen LogP contribution < -0.4 is 0 Å². The Hall–Kier alpha value is -5.09. The van der Waals surface area contributed by atoms with Gasteiger partial charge >= 0.3 is 0 Å². The standard InChI is InChI=1S/C36H25N3O/c1-36(2)28-18-10-9-16-24(28)26-21-31-27(20-29(26)36)32-25(17-11-19-30(32)40-31)35-38-33(22-12-5-3-6-13-22)37-34(39-35)23-14-7-4-8-15-23/h3-21H,1-2H3. The van der Waals surface area contributed by atoms with Gasteiger partial charge < -0.3 is 4.42 Å². The molecule has 4 heteroatoms. The number of fused-ring (bicyclic) bond motifs is 6. The molecule has 0 fully saturated rings. The van der Waals surface area contributed by atoms with Gasteiger partial charge in [0.05, 0.1) is 0 Å². The first kappa shape index (κ1) is 22.9. The second-order valence-corrected chi connectivity index (χ2v) is 10.9. The third kappa shape index (κ3) is 3.36. The van der Waals surface area contributed by atoms with Crippen LogP contribution in [0.2, 0.25) is 0 Å². The van der Waals surface area contributed by atoms with E-state index in [4.69, 9.17) is 19.4 Å². The zero-order chi connectivity index (χ0) is 26.8. The Balaban J connectivity index is 1.40. The van der Waals surface area contributed by atoms with E-state index in [1.54, 1.807) is 0 Å². The molecule has 0 saturated heterocycles. The van der Waals surface area contributed by atoms with Gasteiger partial charge in [0.25, 0.3) is 0 Å². The summed E-state index contributed by atoms with van der Waals surface area (Å²) in [6.07, 6.45) is 0. The number of nitrogens with zero attached hydrogens (tertiary/aromatic N) is 3. The first-order valence-corrected chi connectivity index (χ1v) is 13.5. The smallest absolute Gasteiger partial charge is 0.164 e. The molecule has 5 aromatic carbocycles. The molecule has 0 unspecified atom stereocenters. The zero-order valence-electron chi connectivity index (χ0n) is 22.2. The van der Waals surface area contributed by atoms with E-state index in [-0.39, 0.29) is 5.41 Å². The van der Waals surface area contributed by atoms with Crippen molar-refractivity contribution in [2.24, 2.45) is 0 Å². The van der Waals surface area contributed by atoms with Crippen molar-refractivity contribution in [1.29, 1.82) is 0 Å². The lowest BCUT2D eigenvalue weighted by Crippen LogP contribution is -2.14. The summed E-state index contributed by atoms with van der Waals surface area (Å²) in [7, 11) is 0. The molecule has 1 aliphatic carbocycles. The lowest BCUT2D eigenvalue weighted by Gasteiger charge is -2.21. The highest BCUT2D eigenvalue weighted by atomic mass is 16.3. The van der Waals surface area contributed by atoms with Crippen molar-refractivity contribution in [2.45, 2.75) is 19.3 Å². The number of aromatic nitrogens is 3. The zero-order valence-corrected chi connectivity index (χ0v) is 22.2. The summed E-state index contributed by atoms with van der Waals surface area (Å²) in [6.45, 7) is 4.61. The SMILES string of the molecule is CC1(C)c2ccccc2-c2cc3oc4cccc(-c5nc(-c6ccccc6)nc(-c6ccccc6)n5)c4c3cc21. The van der Waals surface area contributed by atoms with Crippen molar-refractivity contribution >= 4 is 21.9 Å². The molecule has 0 spiro atoms. The van der Waals surface area contributed by atoms with Crippen LogP contribution in [-0.2, 0) is 5.41 Å². The van der Waals surface area contributed by atoms with E-state index in [2.05, 4.69) is 56.3 Å². The second kappa shape index (κ2) is 8.45. The highest BCUT2D eigenvalue weighted by molar-refractivity contribution is 6.13. The Kier molecular flexibility index (Phi) is 4.83. The van der Waals surface area contributed by atoms with E-state index in [0.717, 1.165) is 38.6 Å². The molecular weight excluding hydrogens is 490 g/mol. The molecule has 0 saturated carbocycles. The van der Waals surface area contributed by atoms with Gasteiger partial charge in [-0.2, -0.15) is 0 Å². The maximum Gasteiger partial charge on any atom is 0.164 e. The summed E-state index contributed by atoms with van der Waals surface area (Å²) in [4.78, 5) is 14.9. The third-order valence-electron chi connectivity index (χ3n) is 8.14. The molecule has 1 aliphatic rings. The number of rotatable bonds is 3. The first-order valence-electron chi connectivity index (χ1n) is 13.5. The summed E-state index contributed by atoms with van der Waals surface area (Å²) in [6, 6.07) is 39.5. The maximum atomic E-state index is 6.48. The summed E-state index contributed by atoms with van der Waals surface area (Å²) >= 11 is 0. The topological polar surface area (TPSA) is 51.8 Å². The summed E-state index contributed by atoms with van der Waals surface area (Å²) < 4.78 is 6.48. The number of hydrogen-bond acceptors (Lipinski definition) is 4. The van der Waals surface area contributed by atoms with Crippen LogP contribution >= 0.6 is 0 Å². The van der Waals surface area contributed by atoms with E-state index in [1.165, 1.54) is 22.3 Å². The normalized spacial score (nSPS) is 13.4. The number of benzene rings is 5. The van der Waals surface area contributed by atoms with Crippen LogP contribution in [0.1, 0.15) is 25.0 Å². The van der Waals surface area contributed by atoms with Crippen molar-refractivity contribution < 1.29 is 4.42 Å². The lowest BCUT2D eigenvalue weighted by atomic mass is 9.82. The lowest BCUT2D eigenvalue weighted by molar-refractivity contribution is 0.658. The van der Waals surface area contributed by atoms with Gasteiger partial charge in [-0.15, -0.1) is 0 Å². The van der Waals surface area contributed by atoms with Crippen molar-refractivity contribution in [1.82, 2.24) is 15.0 Å². The fraction of sp³-hybridized carbons (Fsp3) is 0.0833. The minimum absolute atomic E-state index is 0.104. The molecule has 8 rings (SSSR count). The molecule has 190 valence electrons. The Morgan fingerprint density at radius 1 is 0.500 bits per heavy atom. The van der Waals surface area contributed by atoms with Crippen LogP contribution in [0.3, 0.4) is 0 Å². The maximum absolute atomic E-state index is 6.48. The first-order chi connectivity index (χ1) is 19.6. The minimum Gasteiger partial charge on any atom is -0.456 e. The van der Waals surface area contributed by atoms with Crippen LogP contribution in [0.15, 0.2) is 120 Å². The van der Waals surface area contributed by atoms with E-state index in [1.807, 2.05) is 72.8 Å². The molecule has 2 aromatic heterocycles. The molecule has 40 heavy (non-hydrogen) atoms. The van der Waals surface area contributed by atoms with Crippen molar-refractivity contribution in [2.75, 3.05) is 0 Å². The van der Waals surface area contributed by atoms with Crippen LogP contribution in [0, 0.1) is 0 Å². The predicted molar refractivity (Wildman–Crippen MR) is 161 cm³/mol. The van der Waals surface area contributed by atoms with Gasteiger partial charge in [0.2, 0.25) is 0 Å². The van der Waals surface area contributed by atoms with Gasteiger partial charge in [-0.25, -0.2) is 15.0 Å². The summed E-state index contributed by atoms with van der Waals surface area (Å²) in [5, 5.41) is 2.10. The Morgan fingerprint density at radius 3 is 1.80 bits per heavy atom. The average Bonchev–Trinajstić information content (AvgIpc) is 3.48. The molecule has 2 heterocycles. The Morgan fingerprint density at radius 2 is 1.10 bits per heavy atom. The van der Waals surface area contributed by atoms with E-state index >= 15 is 0 Å². The summed E-state index contributed by atoms with van der Waals surface area (Å²) in [5.41, 5.74) is 9.60. The molecule has 0 atom stereocenters. The highest BCUT2D eigenvalue weighted by Crippen LogP contribution is 2.51. The number of hydrogen-bond donors (Lipinski definition) is 0. The Bertz CT molecular complexity index is 2020. The van der Waals surface area contributed by atoms with Crippen LogP contribution in [-0.4, -0.2) is 15.0 Å². The van der Waals surface area contributed by atoms with Crippen molar-refractivity contribution in [3.8, 4) is 45.3 Å². The van der Waals surface area contributed by atoms with Crippen molar-refractivity contribution in [3.63, 3.8) is 0 Å². The molecular formula is C36H25N3O. The quantitative estimate of drug-likeness (QED) is 0.235. The van der Waals surface area contributed by atoms with E-state index in [9.17, 15) is 0 Å². The molecule has 7 aromatic rings. The summed E-state index contributed by atoms with van der Waals surface area (Å²) in [5.74, 6) is 1.92. The monoisotopic (exact) mass is 515 g/mol. The van der Waals surface area contributed by atoms with Gasteiger partial charge in [0, 0.05) is 32.9 Å². The van der Waals surface area contributed by atoms with E-state index in [0.29, 0.717) is 17.5 Å². The fourth-order valence-corrected chi connectivity index (χ4v) is 6.14. The Labute approximate surface area is 232 Å². The van der Waals surface area contributed by atoms with Crippen LogP contribution in [0.25, 0.3) is 67.2 Å². The van der Waals surface area contributed by atoms with Crippen molar-refractivity contribution in [3.05, 3.63) is 126 Å². The molecule has 0 bridgehead atoms. The molecule has 0 N–H and O–H groups in total. The molecule has 4 nitrogen and oxygen atoms in total. The third-order valence-corrected chi connectivity index (χ3v) is 8.14. The average molecular weight is 516 g/mol. The van der Waals surface area contributed by atoms with Crippen LogP contribution in [0.4, 0.5) is 0 Å². The molecule has 0 radical (unpaired) electrons. The number of furan rings is 1. The highest BCUT2D eigenvalue weighted by Gasteiger charge is 2.36. The minimum atomic E-state index is -0.104. The van der Waals surface area contributed by atoms with Gasteiger partial charge in [0.15, 0.2) is 17.5 Å². The molecule has 0 amide bonds. The predicted octanol–water partition coefficient (Wildman–Crippen LogP) is 9.08. The molecule has 0 aliphatic heterocycles. The fourth-order valence-electron chi connectivity index (χ4n) is 6.14. The largest absolute Gasteiger partial charge is 0.456 e. The van der Waals surface area contributed by atoms with E-state index < -0.39 is 0 Å². The second-order valence-electron chi connectivity index (χ2n) is 10.9. The van der Waals surface area contributed by atoms with Gasteiger partial charge in [-0.05, 0) is 40.5 Å². The van der Waals surface area contributed by atoms with Crippen LogP contribution in [0.5, 0.6) is 0 Å². The van der Waals surface area contributed by atoms with Gasteiger partial charge in [0.1, 0.15) is 11.2 Å². The van der Waals surface area contributed by atoms with Gasteiger partial charge in [-0.3, -0.25) is 0 Å². The van der Waals surface area contributed by atoms with Gasteiger partial charge in [-0.1, -0.05) is 111 Å².